The van der Waals surface area contributed by atoms with Crippen LogP contribution in [0.25, 0.3) is 11.1 Å². The van der Waals surface area contributed by atoms with Gasteiger partial charge < -0.3 is 14.4 Å². The summed E-state index contributed by atoms with van der Waals surface area (Å²) in [5.74, 6) is 1.52. The SMILES string of the molecule is COc1ccc(-c2ccc(CN3CCC(N(C)C)C3)cc2)cc1OC. The van der Waals surface area contributed by atoms with Gasteiger partial charge >= 0.3 is 0 Å². The van der Waals surface area contributed by atoms with Gasteiger partial charge in [0.1, 0.15) is 0 Å². The second-order valence-corrected chi connectivity index (χ2v) is 6.91. The van der Waals surface area contributed by atoms with Crippen molar-refractivity contribution in [2.75, 3.05) is 41.4 Å². The molecule has 1 heterocycles. The second kappa shape index (κ2) is 7.89. The lowest BCUT2D eigenvalue weighted by Crippen LogP contribution is -2.31. The van der Waals surface area contributed by atoms with Gasteiger partial charge in [-0.15, -0.1) is 0 Å². The van der Waals surface area contributed by atoms with Crippen LogP contribution in [0.1, 0.15) is 12.0 Å². The lowest BCUT2D eigenvalue weighted by atomic mass is 10.0. The lowest BCUT2D eigenvalue weighted by Gasteiger charge is -2.20. The summed E-state index contributed by atoms with van der Waals surface area (Å²) in [6.45, 7) is 3.36. The predicted molar refractivity (Wildman–Crippen MR) is 102 cm³/mol. The van der Waals surface area contributed by atoms with E-state index in [1.807, 2.05) is 12.1 Å². The monoisotopic (exact) mass is 340 g/mol. The average molecular weight is 340 g/mol. The van der Waals surface area contributed by atoms with Crippen LogP contribution in [0.15, 0.2) is 42.5 Å². The van der Waals surface area contributed by atoms with Gasteiger partial charge in [0, 0.05) is 25.7 Å². The molecule has 2 aromatic carbocycles. The molecule has 3 rings (SSSR count). The Morgan fingerprint density at radius 1 is 0.960 bits per heavy atom. The molecule has 0 aliphatic carbocycles. The summed E-state index contributed by atoms with van der Waals surface area (Å²) < 4.78 is 10.7. The van der Waals surface area contributed by atoms with Crippen molar-refractivity contribution in [3.05, 3.63) is 48.0 Å². The highest BCUT2D eigenvalue weighted by molar-refractivity contribution is 5.67. The Bertz CT molecular complexity index is 698. The number of rotatable bonds is 6. The van der Waals surface area contributed by atoms with E-state index >= 15 is 0 Å². The van der Waals surface area contributed by atoms with Gasteiger partial charge in [-0.05, 0) is 49.3 Å². The predicted octanol–water partition coefficient (Wildman–Crippen LogP) is 3.51. The fraction of sp³-hybridized carbons (Fsp3) is 0.429. The molecule has 0 radical (unpaired) electrons. The average Bonchev–Trinajstić information content (AvgIpc) is 3.10. The van der Waals surface area contributed by atoms with E-state index in [-0.39, 0.29) is 0 Å². The topological polar surface area (TPSA) is 24.9 Å². The Kier molecular flexibility index (Phi) is 5.61. The zero-order valence-electron chi connectivity index (χ0n) is 15.7. The van der Waals surface area contributed by atoms with Gasteiger partial charge in [0.25, 0.3) is 0 Å². The van der Waals surface area contributed by atoms with Crippen molar-refractivity contribution < 1.29 is 9.47 Å². The summed E-state index contributed by atoms with van der Waals surface area (Å²) in [5.41, 5.74) is 3.69. The molecule has 1 unspecified atom stereocenters. The Hall–Kier alpha value is -2.04. The van der Waals surface area contributed by atoms with Crippen LogP contribution in [0.4, 0.5) is 0 Å². The number of methoxy groups -OCH3 is 2. The summed E-state index contributed by atoms with van der Waals surface area (Å²) in [6.07, 6.45) is 1.26. The third-order valence-corrected chi connectivity index (χ3v) is 5.05. The zero-order valence-corrected chi connectivity index (χ0v) is 15.7. The standard InChI is InChI=1S/C21H28N2O2/c1-22(2)19-11-12-23(15-19)14-16-5-7-17(8-6-16)18-9-10-20(24-3)21(13-18)25-4/h5-10,13,19H,11-12,14-15H2,1-4H3. The quantitative estimate of drug-likeness (QED) is 0.803. The minimum atomic E-state index is 0.686. The van der Waals surface area contributed by atoms with Gasteiger partial charge in [-0.3, -0.25) is 4.90 Å². The largest absolute Gasteiger partial charge is 0.493 e. The van der Waals surface area contributed by atoms with Gasteiger partial charge in [0.2, 0.25) is 0 Å². The Labute approximate surface area is 151 Å². The fourth-order valence-corrected chi connectivity index (χ4v) is 3.45. The molecule has 0 aromatic heterocycles. The van der Waals surface area contributed by atoms with Crippen molar-refractivity contribution >= 4 is 0 Å². The van der Waals surface area contributed by atoms with Gasteiger partial charge in [-0.1, -0.05) is 30.3 Å². The van der Waals surface area contributed by atoms with Crippen molar-refractivity contribution in [2.24, 2.45) is 0 Å². The van der Waals surface area contributed by atoms with E-state index in [1.165, 1.54) is 24.1 Å². The number of likely N-dealkylation sites (tertiary alicyclic amines) is 1. The molecule has 25 heavy (non-hydrogen) atoms. The van der Waals surface area contributed by atoms with Crippen LogP contribution < -0.4 is 9.47 Å². The van der Waals surface area contributed by atoms with Gasteiger partial charge in [0.05, 0.1) is 14.2 Å². The van der Waals surface area contributed by atoms with Crippen LogP contribution in [0, 0.1) is 0 Å². The molecule has 134 valence electrons. The van der Waals surface area contributed by atoms with Crippen molar-refractivity contribution in [1.82, 2.24) is 9.80 Å². The molecular weight excluding hydrogens is 312 g/mol. The molecular formula is C21H28N2O2. The van der Waals surface area contributed by atoms with E-state index in [2.05, 4.69) is 54.2 Å². The molecule has 1 aliphatic rings. The van der Waals surface area contributed by atoms with Crippen LogP contribution in [0.5, 0.6) is 11.5 Å². The maximum atomic E-state index is 5.40. The molecule has 1 atom stereocenters. The van der Waals surface area contributed by atoms with Gasteiger partial charge in [0.15, 0.2) is 11.5 Å². The van der Waals surface area contributed by atoms with Crippen molar-refractivity contribution in [1.29, 1.82) is 0 Å². The maximum Gasteiger partial charge on any atom is 0.161 e. The molecule has 1 saturated heterocycles. The molecule has 0 saturated carbocycles. The second-order valence-electron chi connectivity index (χ2n) is 6.91. The Morgan fingerprint density at radius 3 is 2.24 bits per heavy atom. The minimum absolute atomic E-state index is 0.686. The number of hydrogen-bond donors (Lipinski definition) is 0. The van der Waals surface area contributed by atoms with Crippen LogP contribution in [0.3, 0.4) is 0 Å². The summed E-state index contributed by atoms with van der Waals surface area (Å²) in [5, 5.41) is 0. The minimum Gasteiger partial charge on any atom is -0.493 e. The third kappa shape index (κ3) is 4.14. The molecule has 2 aromatic rings. The molecule has 0 bridgehead atoms. The Balaban J connectivity index is 1.68. The van der Waals surface area contributed by atoms with Crippen LogP contribution in [0.2, 0.25) is 0 Å². The van der Waals surface area contributed by atoms with Crippen molar-refractivity contribution in [2.45, 2.75) is 19.0 Å². The van der Waals surface area contributed by atoms with Crippen molar-refractivity contribution in [3.63, 3.8) is 0 Å². The molecule has 1 fully saturated rings. The van der Waals surface area contributed by atoms with Crippen molar-refractivity contribution in [3.8, 4) is 22.6 Å². The fourth-order valence-electron chi connectivity index (χ4n) is 3.45. The number of ether oxygens (including phenoxy) is 2. The lowest BCUT2D eigenvalue weighted by molar-refractivity contribution is 0.264. The van der Waals surface area contributed by atoms with Gasteiger partial charge in [-0.25, -0.2) is 0 Å². The summed E-state index contributed by atoms with van der Waals surface area (Å²) in [4.78, 5) is 4.87. The number of benzene rings is 2. The first-order valence-corrected chi connectivity index (χ1v) is 8.81. The van der Waals surface area contributed by atoms with Crippen LogP contribution in [-0.4, -0.2) is 57.2 Å². The van der Waals surface area contributed by atoms with E-state index < -0.39 is 0 Å². The van der Waals surface area contributed by atoms with E-state index in [4.69, 9.17) is 9.47 Å². The van der Waals surface area contributed by atoms with E-state index in [0.717, 1.165) is 30.2 Å². The Morgan fingerprint density at radius 2 is 1.64 bits per heavy atom. The highest BCUT2D eigenvalue weighted by Crippen LogP contribution is 2.32. The third-order valence-electron chi connectivity index (χ3n) is 5.05. The highest BCUT2D eigenvalue weighted by atomic mass is 16.5. The molecule has 4 nitrogen and oxygen atoms in total. The zero-order chi connectivity index (χ0) is 17.8. The normalized spacial score (nSPS) is 17.9. The van der Waals surface area contributed by atoms with Crippen LogP contribution in [-0.2, 0) is 6.54 Å². The number of nitrogens with zero attached hydrogens (tertiary/aromatic N) is 2. The molecule has 0 amide bonds. The van der Waals surface area contributed by atoms with Gasteiger partial charge in [-0.2, -0.15) is 0 Å². The number of likely N-dealkylation sites (N-methyl/N-ethyl adjacent to an activating group) is 1. The maximum absolute atomic E-state index is 5.40. The molecule has 1 aliphatic heterocycles. The summed E-state index contributed by atoms with van der Waals surface area (Å²) >= 11 is 0. The first-order valence-electron chi connectivity index (χ1n) is 8.81. The van der Waals surface area contributed by atoms with E-state index in [0.29, 0.717) is 6.04 Å². The van der Waals surface area contributed by atoms with E-state index in [9.17, 15) is 0 Å². The smallest absolute Gasteiger partial charge is 0.161 e. The van der Waals surface area contributed by atoms with Crippen LogP contribution >= 0.6 is 0 Å². The van der Waals surface area contributed by atoms with E-state index in [1.54, 1.807) is 14.2 Å². The number of hydrogen-bond acceptors (Lipinski definition) is 4. The summed E-state index contributed by atoms with van der Waals surface area (Å²) in [6, 6.07) is 15.6. The summed E-state index contributed by atoms with van der Waals surface area (Å²) in [7, 11) is 7.67. The molecule has 4 heteroatoms. The molecule has 0 N–H and O–H groups in total. The molecule has 0 spiro atoms. The first kappa shape index (κ1) is 17.8. The first-order chi connectivity index (χ1) is 12.1. The highest BCUT2D eigenvalue weighted by Gasteiger charge is 2.23.